The van der Waals surface area contributed by atoms with Crippen LogP contribution in [0.3, 0.4) is 0 Å². The van der Waals surface area contributed by atoms with Crippen molar-refractivity contribution >= 4 is 85.6 Å². The maximum Gasteiger partial charge on any atom is 0.238 e. The molecule has 0 aliphatic heterocycles. The Bertz CT molecular complexity index is 3160. The van der Waals surface area contributed by atoms with Gasteiger partial charge in [0.05, 0.1) is 11.0 Å². The third-order valence-corrected chi connectivity index (χ3v) is 11.2. The molecule has 0 saturated heterocycles. The molecule has 3 heterocycles. The molecule has 11 rings (SSSR count). The molecule has 0 spiro atoms. The van der Waals surface area contributed by atoms with E-state index in [2.05, 4.69) is 144 Å². The summed E-state index contributed by atoms with van der Waals surface area (Å²) in [6, 6.07) is 56.0. The fourth-order valence-electron chi connectivity index (χ4n) is 7.81. The average molecular weight is 655 g/mol. The van der Waals surface area contributed by atoms with Crippen LogP contribution in [0.25, 0.3) is 103 Å². The molecule has 50 heavy (non-hydrogen) atoms. The van der Waals surface area contributed by atoms with E-state index in [-0.39, 0.29) is 0 Å². The van der Waals surface area contributed by atoms with Gasteiger partial charge in [-0.05, 0) is 45.8 Å². The van der Waals surface area contributed by atoms with E-state index < -0.39 is 0 Å². The molecule has 0 aliphatic rings. The van der Waals surface area contributed by atoms with Crippen molar-refractivity contribution in [3.63, 3.8) is 0 Å². The van der Waals surface area contributed by atoms with E-state index in [0.717, 1.165) is 32.9 Å². The minimum Gasteiger partial charge on any atom is -0.277 e. The fraction of sp³-hybridized carbons (Fsp3) is 0. The topological polar surface area (TPSA) is 43.6 Å². The van der Waals surface area contributed by atoms with Crippen LogP contribution in [-0.4, -0.2) is 19.5 Å². The molecule has 0 atom stereocenters. The lowest BCUT2D eigenvalue weighted by atomic mass is 9.96. The summed E-state index contributed by atoms with van der Waals surface area (Å²) in [5, 5.41) is 12.0. The molecule has 0 aliphatic carbocycles. The minimum absolute atomic E-state index is 0.598. The number of rotatable bonds is 3. The second kappa shape index (κ2) is 10.5. The smallest absolute Gasteiger partial charge is 0.238 e. The molecule has 0 unspecified atom stereocenters. The summed E-state index contributed by atoms with van der Waals surface area (Å²) in [4.78, 5) is 15.8. The third kappa shape index (κ3) is 3.95. The molecule has 8 aromatic carbocycles. The summed E-state index contributed by atoms with van der Waals surface area (Å²) in [6.45, 7) is 0. The van der Waals surface area contributed by atoms with Crippen LogP contribution in [-0.2, 0) is 0 Å². The van der Waals surface area contributed by atoms with Gasteiger partial charge in [0.1, 0.15) is 0 Å². The van der Waals surface area contributed by atoms with Gasteiger partial charge in [0, 0.05) is 52.8 Å². The Hall–Kier alpha value is -6.43. The van der Waals surface area contributed by atoms with Gasteiger partial charge < -0.3 is 0 Å². The number of hydrogen-bond acceptors (Lipinski definition) is 4. The highest BCUT2D eigenvalue weighted by Gasteiger charge is 2.23. The molecule has 0 radical (unpaired) electrons. The highest BCUT2D eigenvalue weighted by molar-refractivity contribution is 7.25. The molecule has 3 aromatic heterocycles. The monoisotopic (exact) mass is 654 g/mol. The van der Waals surface area contributed by atoms with Gasteiger partial charge in [-0.2, -0.15) is 9.97 Å². The largest absolute Gasteiger partial charge is 0.277 e. The maximum atomic E-state index is 5.38. The summed E-state index contributed by atoms with van der Waals surface area (Å²) in [5.41, 5.74) is 4.10. The third-order valence-electron chi connectivity index (χ3n) is 10.0. The first-order chi connectivity index (χ1) is 24.8. The predicted octanol–water partition coefficient (Wildman–Crippen LogP) is 12.1. The summed E-state index contributed by atoms with van der Waals surface area (Å²) >= 11 is 1.82. The van der Waals surface area contributed by atoms with Crippen LogP contribution >= 0.6 is 11.3 Å². The molecule has 0 saturated carbocycles. The fourth-order valence-corrected chi connectivity index (χ4v) is 8.90. The van der Waals surface area contributed by atoms with Crippen molar-refractivity contribution in [2.75, 3.05) is 0 Å². The van der Waals surface area contributed by atoms with Crippen LogP contribution < -0.4 is 0 Å². The Kier molecular flexibility index (Phi) is 5.80. The first-order valence-electron chi connectivity index (χ1n) is 16.8. The van der Waals surface area contributed by atoms with Gasteiger partial charge in [-0.1, -0.05) is 133 Å². The highest BCUT2D eigenvalue weighted by atomic mass is 32.1. The molecule has 11 aromatic rings. The summed E-state index contributed by atoms with van der Waals surface area (Å²) < 4.78 is 4.83. The Morgan fingerprint density at radius 2 is 1.00 bits per heavy atom. The molecule has 0 fully saturated rings. The van der Waals surface area contributed by atoms with Crippen molar-refractivity contribution in [2.45, 2.75) is 0 Å². The van der Waals surface area contributed by atoms with Gasteiger partial charge >= 0.3 is 0 Å². The molecule has 0 amide bonds. The van der Waals surface area contributed by atoms with E-state index in [1.165, 1.54) is 52.5 Å². The van der Waals surface area contributed by atoms with Crippen LogP contribution in [0.1, 0.15) is 0 Å². The quantitative estimate of drug-likeness (QED) is 0.178. The maximum absolute atomic E-state index is 5.38. The van der Waals surface area contributed by atoms with Crippen LogP contribution in [0.4, 0.5) is 0 Å². The van der Waals surface area contributed by atoms with E-state index in [4.69, 9.17) is 15.0 Å². The van der Waals surface area contributed by atoms with Gasteiger partial charge in [-0.15, -0.1) is 11.3 Å². The zero-order chi connectivity index (χ0) is 32.8. The number of aromatic nitrogens is 4. The second-order valence-corrected chi connectivity index (χ2v) is 13.9. The zero-order valence-corrected chi connectivity index (χ0v) is 27.5. The second-order valence-electron chi connectivity index (χ2n) is 12.8. The number of hydrogen-bond donors (Lipinski definition) is 0. The number of fused-ring (bicyclic) bond motifs is 13. The number of thiophene rings is 1. The highest BCUT2D eigenvalue weighted by Crippen LogP contribution is 2.44. The molecule has 5 heteroatoms. The van der Waals surface area contributed by atoms with E-state index in [1.807, 2.05) is 29.5 Å². The Morgan fingerprint density at radius 3 is 1.82 bits per heavy atom. The lowest BCUT2D eigenvalue weighted by Crippen LogP contribution is -2.07. The van der Waals surface area contributed by atoms with Crippen molar-refractivity contribution in [1.82, 2.24) is 19.5 Å². The summed E-state index contributed by atoms with van der Waals surface area (Å²) in [7, 11) is 0. The first kappa shape index (κ1) is 27.5. The Labute approximate surface area is 290 Å². The lowest BCUT2D eigenvalue weighted by molar-refractivity contribution is 0.957. The minimum atomic E-state index is 0.598. The average Bonchev–Trinajstić information content (AvgIpc) is 3.75. The van der Waals surface area contributed by atoms with E-state index in [0.29, 0.717) is 17.6 Å². The van der Waals surface area contributed by atoms with Crippen LogP contribution in [0.15, 0.2) is 158 Å². The van der Waals surface area contributed by atoms with Crippen molar-refractivity contribution in [3.8, 4) is 28.7 Å². The molecule has 0 N–H and O–H groups in total. The van der Waals surface area contributed by atoms with Gasteiger partial charge in [0.2, 0.25) is 5.95 Å². The predicted molar refractivity (Wildman–Crippen MR) is 210 cm³/mol. The summed E-state index contributed by atoms with van der Waals surface area (Å²) in [5.74, 6) is 1.88. The zero-order valence-electron chi connectivity index (χ0n) is 26.7. The van der Waals surface area contributed by atoms with Gasteiger partial charge in [0.15, 0.2) is 11.6 Å². The van der Waals surface area contributed by atoms with Crippen LogP contribution in [0.2, 0.25) is 0 Å². The van der Waals surface area contributed by atoms with Crippen molar-refractivity contribution in [2.24, 2.45) is 0 Å². The standard InChI is InChI=1S/C45H26N4S/c1-2-13-28(14-3-1)43-46-44(29-23-25-39-37(26-29)33-18-10-11-21-38(33)50-39)48-45(47-43)49-41-30-15-5-4-12-27(30)22-24-36(41)40-34-19-8-6-16-31(34)32-17-7-9-20-35(32)42(40)49/h1-26H. The Balaban J connectivity index is 1.32. The normalized spacial score (nSPS) is 12.0. The molecule has 4 nitrogen and oxygen atoms in total. The van der Waals surface area contributed by atoms with E-state index >= 15 is 0 Å². The summed E-state index contributed by atoms with van der Waals surface area (Å²) in [6.07, 6.45) is 0. The Morgan fingerprint density at radius 1 is 0.380 bits per heavy atom. The number of nitrogens with zero attached hydrogens (tertiary/aromatic N) is 4. The van der Waals surface area contributed by atoms with Gasteiger partial charge in [-0.25, -0.2) is 4.98 Å². The molecular weight excluding hydrogens is 629 g/mol. The first-order valence-corrected chi connectivity index (χ1v) is 17.6. The SMILES string of the molecule is c1ccc(-c2nc(-c3ccc4sc5ccccc5c4c3)nc(-n3c4c5ccccc5ccc4c4c5ccccc5c5ccccc5c43)n2)cc1. The molecular formula is C45H26N4S. The van der Waals surface area contributed by atoms with Gasteiger partial charge in [-0.3, -0.25) is 4.57 Å². The van der Waals surface area contributed by atoms with E-state index in [1.54, 1.807) is 0 Å². The van der Waals surface area contributed by atoms with Crippen LogP contribution in [0, 0.1) is 0 Å². The van der Waals surface area contributed by atoms with Crippen molar-refractivity contribution < 1.29 is 0 Å². The van der Waals surface area contributed by atoms with Gasteiger partial charge in [0.25, 0.3) is 0 Å². The van der Waals surface area contributed by atoms with Crippen LogP contribution in [0.5, 0.6) is 0 Å². The lowest BCUT2D eigenvalue weighted by Gasteiger charge is -2.13. The molecule has 232 valence electrons. The number of benzene rings is 8. The van der Waals surface area contributed by atoms with E-state index in [9.17, 15) is 0 Å². The molecule has 0 bridgehead atoms. The van der Waals surface area contributed by atoms with Crippen molar-refractivity contribution in [1.29, 1.82) is 0 Å². The van der Waals surface area contributed by atoms with Crippen molar-refractivity contribution in [3.05, 3.63) is 158 Å².